The molecule has 3 heterocycles. The highest BCUT2D eigenvalue weighted by molar-refractivity contribution is 5.98. The van der Waals surface area contributed by atoms with Gasteiger partial charge in [0.1, 0.15) is 23.0 Å². The molecule has 4 rings (SSSR count). The lowest BCUT2D eigenvalue weighted by molar-refractivity contribution is 0.0949. The van der Waals surface area contributed by atoms with Gasteiger partial charge in [-0.2, -0.15) is 5.26 Å². The zero-order chi connectivity index (χ0) is 21.8. The molecule has 0 spiro atoms. The number of nitrogens with zero attached hydrogens (tertiary/aromatic N) is 3. The zero-order valence-electron chi connectivity index (χ0n) is 18.1. The molecule has 3 aromatic rings. The van der Waals surface area contributed by atoms with Crippen LogP contribution in [0.4, 0.5) is 0 Å². The number of aryl methyl sites for hydroxylation is 1. The molecule has 0 saturated carbocycles. The van der Waals surface area contributed by atoms with Crippen molar-refractivity contribution in [3.63, 3.8) is 0 Å². The number of aromatic nitrogens is 1. The predicted octanol–water partition coefficient (Wildman–Crippen LogP) is 4.55. The number of carbonyl (C=O) groups is 1. The van der Waals surface area contributed by atoms with Gasteiger partial charge in [0.2, 0.25) is 5.88 Å². The molecular weight excluding hydrogens is 388 g/mol. The second-order valence-corrected chi connectivity index (χ2v) is 8.23. The van der Waals surface area contributed by atoms with E-state index in [4.69, 9.17) is 4.42 Å². The number of piperidine rings is 1. The van der Waals surface area contributed by atoms with Gasteiger partial charge in [0.25, 0.3) is 5.91 Å². The van der Waals surface area contributed by atoms with E-state index in [2.05, 4.69) is 47.5 Å². The Morgan fingerprint density at radius 2 is 1.90 bits per heavy atom. The van der Waals surface area contributed by atoms with Gasteiger partial charge in [-0.05, 0) is 56.5 Å². The SMILES string of the molecule is Cc1oc(-n2cccc2)c(C#N)c1C(=O)NCc1ccc(CN2CCCCC2C)cc1. The predicted molar refractivity (Wildman–Crippen MR) is 119 cm³/mol. The van der Waals surface area contributed by atoms with Crippen molar-refractivity contribution in [1.82, 2.24) is 14.8 Å². The minimum absolute atomic E-state index is 0.247. The maximum Gasteiger partial charge on any atom is 0.256 e. The fourth-order valence-corrected chi connectivity index (χ4v) is 4.22. The third-order valence-electron chi connectivity index (χ3n) is 6.05. The average molecular weight is 417 g/mol. The first kappa shape index (κ1) is 21.0. The average Bonchev–Trinajstić information content (AvgIpc) is 3.42. The third kappa shape index (κ3) is 4.57. The van der Waals surface area contributed by atoms with Crippen molar-refractivity contribution < 1.29 is 9.21 Å². The summed E-state index contributed by atoms with van der Waals surface area (Å²) >= 11 is 0. The molecule has 1 N–H and O–H groups in total. The lowest BCUT2D eigenvalue weighted by Gasteiger charge is -2.33. The number of carbonyl (C=O) groups excluding carboxylic acids is 1. The van der Waals surface area contributed by atoms with Gasteiger partial charge in [-0.1, -0.05) is 30.7 Å². The number of hydrogen-bond acceptors (Lipinski definition) is 4. The lowest BCUT2D eigenvalue weighted by atomic mass is 10.0. The van der Waals surface area contributed by atoms with Gasteiger partial charge in [0, 0.05) is 31.5 Å². The van der Waals surface area contributed by atoms with Crippen molar-refractivity contribution in [2.75, 3.05) is 6.54 Å². The van der Waals surface area contributed by atoms with E-state index in [1.165, 1.54) is 24.8 Å². The minimum atomic E-state index is -0.303. The normalized spacial score (nSPS) is 16.7. The van der Waals surface area contributed by atoms with E-state index in [-0.39, 0.29) is 11.5 Å². The number of nitriles is 1. The molecule has 1 aliphatic rings. The summed E-state index contributed by atoms with van der Waals surface area (Å²) in [6.07, 6.45) is 7.44. The number of amides is 1. The molecule has 1 aromatic carbocycles. The smallest absolute Gasteiger partial charge is 0.256 e. The van der Waals surface area contributed by atoms with E-state index in [0.29, 0.717) is 29.8 Å². The first-order valence-electron chi connectivity index (χ1n) is 10.8. The van der Waals surface area contributed by atoms with Crippen molar-refractivity contribution in [3.8, 4) is 12.0 Å². The molecule has 0 aliphatic carbocycles. The Morgan fingerprint density at radius 1 is 1.19 bits per heavy atom. The molecule has 1 aliphatic heterocycles. The van der Waals surface area contributed by atoms with Crippen LogP contribution in [0.5, 0.6) is 0 Å². The van der Waals surface area contributed by atoms with Crippen molar-refractivity contribution in [2.45, 2.75) is 52.2 Å². The fourth-order valence-electron chi connectivity index (χ4n) is 4.22. The van der Waals surface area contributed by atoms with E-state index in [1.54, 1.807) is 23.9 Å². The Hall–Kier alpha value is -3.30. The number of furan rings is 1. The van der Waals surface area contributed by atoms with E-state index in [0.717, 1.165) is 18.7 Å². The minimum Gasteiger partial charge on any atom is -0.443 e. The van der Waals surface area contributed by atoms with Gasteiger partial charge < -0.3 is 9.73 Å². The van der Waals surface area contributed by atoms with E-state index in [1.807, 2.05) is 12.1 Å². The topological polar surface area (TPSA) is 74.2 Å². The van der Waals surface area contributed by atoms with Gasteiger partial charge >= 0.3 is 0 Å². The summed E-state index contributed by atoms with van der Waals surface area (Å²) < 4.78 is 7.42. The number of likely N-dealkylation sites (tertiary alicyclic amines) is 1. The molecule has 2 aromatic heterocycles. The van der Waals surface area contributed by atoms with Crippen LogP contribution in [0.2, 0.25) is 0 Å². The number of rotatable bonds is 6. The van der Waals surface area contributed by atoms with Gasteiger partial charge in [-0.3, -0.25) is 14.3 Å². The Bertz CT molecular complexity index is 1070. The van der Waals surface area contributed by atoms with Crippen molar-refractivity contribution >= 4 is 5.91 Å². The van der Waals surface area contributed by atoms with Gasteiger partial charge in [-0.15, -0.1) is 0 Å². The van der Waals surface area contributed by atoms with E-state index in [9.17, 15) is 10.1 Å². The fraction of sp³-hybridized carbons (Fsp3) is 0.360. The highest BCUT2D eigenvalue weighted by atomic mass is 16.4. The second-order valence-electron chi connectivity index (χ2n) is 8.23. The summed E-state index contributed by atoms with van der Waals surface area (Å²) in [6.45, 7) is 6.54. The quantitative estimate of drug-likeness (QED) is 0.639. The van der Waals surface area contributed by atoms with Crippen LogP contribution in [0.25, 0.3) is 5.88 Å². The summed E-state index contributed by atoms with van der Waals surface area (Å²) in [4.78, 5) is 15.4. The monoisotopic (exact) mass is 416 g/mol. The first-order chi connectivity index (χ1) is 15.1. The van der Waals surface area contributed by atoms with Crippen LogP contribution in [0.1, 0.15) is 59.0 Å². The summed E-state index contributed by atoms with van der Waals surface area (Å²) in [6, 6.07) is 14.8. The third-order valence-corrected chi connectivity index (χ3v) is 6.05. The molecule has 1 fully saturated rings. The standard InChI is InChI=1S/C25H28N4O2/c1-18-7-3-4-14-29(18)17-21-10-8-20(9-11-21)16-27-24(30)23-19(2)31-25(22(23)15-26)28-12-5-6-13-28/h5-6,8-13,18H,3-4,7,14,16-17H2,1-2H3,(H,27,30). The zero-order valence-corrected chi connectivity index (χ0v) is 18.1. The van der Waals surface area contributed by atoms with E-state index >= 15 is 0 Å². The molecule has 1 amide bonds. The maximum atomic E-state index is 12.8. The molecule has 1 unspecified atom stereocenters. The van der Waals surface area contributed by atoms with Crippen LogP contribution in [-0.4, -0.2) is 28.0 Å². The number of benzene rings is 1. The van der Waals surface area contributed by atoms with Crippen molar-refractivity contribution in [2.24, 2.45) is 0 Å². The lowest BCUT2D eigenvalue weighted by Crippen LogP contribution is -2.36. The highest BCUT2D eigenvalue weighted by Crippen LogP contribution is 2.25. The van der Waals surface area contributed by atoms with Crippen LogP contribution < -0.4 is 5.32 Å². The Labute approximate surface area is 183 Å². The molecule has 0 bridgehead atoms. The van der Waals surface area contributed by atoms with Gasteiger partial charge in [-0.25, -0.2) is 0 Å². The number of nitrogens with one attached hydrogen (secondary N) is 1. The van der Waals surface area contributed by atoms with Crippen molar-refractivity contribution in [3.05, 3.63) is 76.8 Å². The number of hydrogen-bond donors (Lipinski definition) is 1. The Balaban J connectivity index is 1.41. The van der Waals surface area contributed by atoms with Crippen LogP contribution in [0.15, 0.2) is 53.2 Å². The molecule has 31 heavy (non-hydrogen) atoms. The van der Waals surface area contributed by atoms with Gasteiger partial charge in [0.05, 0.1) is 0 Å². The highest BCUT2D eigenvalue weighted by Gasteiger charge is 2.24. The van der Waals surface area contributed by atoms with Gasteiger partial charge in [0.15, 0.2) is 0 Å². The Kier molecular flexibility index (Phi) is 6.24. The largest absolute Gasteiger partial charge is 0.443 e. The first-order valence-corrected chi connectivity index (χ1v) is 10.8. The maximum absolute atomic E-state index is 12.8. The van der Waals surface area contributed by atoms with E-state index < -0.39 is 0 Å². The summed E-state index contributed by atoms with van der Waals surface area (Å²) in [5.74, 6) is 0.498. The van der Waals surface area contributed by atoms with Crippen LogP contribution in [-0.2, 0) is 13.1 Å². The molecule has 6 heteroatoms. The molecule has 160 valence electrons. The summed E-state index contributed by atoms with van der Waals surface area (Å²) in [5.41, 5.74) is 2.85. The Morgan fingerprint density at radius 3 is 2.58 bits per heavy atom. The van der Waals surface area contributed by atoms with Crippen LogP contribution in [0, 0.1) is 18.3 Å². The summed E-state index contributed by atoms with van der Waals surface area (Å²) in [7, 11) is 0. The molecule has 1 saturated heterocycles. The second kappa shape index (κ2) is 9.23. The molecule has 0 radical (unpaired) electrons. The summed E-state index contributed by atoms with van der Waals surface area (Å²) in [5, 5.41) is 12.5. The van der Waals surface area contributed by atoms with Crippen molar-refractivity contribution in [1.29, 1.82) is 5.26 Å². The van der Waals surface area contributed by atoms with Crippen LogP contribution in [0.3, 0.4) is 0 Å². The molecule has 6 nitrogen and oxygen atoms in total. The molecule has 1 atom stereocenters. The molecular formula is C25H28N4O2. The van der Waals surface area contributed by atoms with Crippen LogP contribution >= 0.6 is 0 Å².